The number of aryl methyl sites for hydroxylation is 1. The monoisotopic (exact) mass is 379 g/mol. The van der Waals surface area contributed by atoms with E-state index in [2.05, 4.69) is 0 Å². The Hall–Kier alpha value is -1.56. The third kappa shape index (κ3) is 3.84. The van der Waals surface area contributed by atoms with Gasteiger partial charge in [0.2, 0.25) is 10.0 Å². The van der Waals surface area contributed by atoms with Gasteiger partial charge in [-0.1, -0.05) is 29.8 Å². The molecule has 0 N–H and O–H groups in total. The van der Waals surface area contributed by atoms with Crippen molar-refractivity contribution in [2.24, 2.45) is 0 Å². The molecule has 0 bridgehead atoms. The van der Waals surface area contributed by atoms with E-state index in [0.717, 1.165) is 11.1 Å². The average Bonchev–Trinajstić information content (AvgIpc) is 2.62. The number of ether oxygens (including phenoxy) is 1. The number of piperidine rings is 1. The van der Waals surface area contributed by atoms with Crippen LogP contribution in [0.3, 0.4) is 0 Å². The lowest BCUT2D eigenvalue weighted by Gasteiger charge is -2.37. The SMILES string of the molecule is COc1cccc(C2CC(Cl)CCN2S(=O)(=O)c2ccc(C)cc2)c1. The molecule has 4 nitrogen and oxygen atoms in total. The topological polar surface area (TPSA) is 46.6 Å². The number of alkyl halides is 1. The third-order valence-electron chi connectivity index (χ3n) is 4.60. The first-order chi connectivity index (χ1) is 11.9. The number of halogens is 1. The maximum atomic E-state index is 13.2. The van der Waals surface area contributed by atoms with Gasteiger partial charge in [-0.2, -0.15) is 4.31 Å². The van der Waals surface area contributed by atoms with Crippen LogP contribution in [-0.2, 0) is 10.0 Å². The first-order valence-corrected chi connectivity index (χ1v) is 10.2. The minimum atomic E-state index is -3.59. The second-order valence-corrected chi connectivity index (χ2v) is 8.85. The van der Waals surface area contributed by atoms with Gasteiger partial charge in [0.1, 0.15) is 5.75 Å². The Bertz CT molecular complexity index is 836. The number of rotatable bonds is 4. The molecule has 0 aromatic heterocycles. The van der Waals surface area contributed by atoms with Gasteiger partial charge in [-0.05, 0) is 49.6 Å². The van der Waals surface area contributed by atoms with Crippen LogP contribution in [0.5, 0.6) is 5.75 Å². The van der Waals surface area contributed by atoms with Crippen LogP contribution in [0.4, 0.5) is 0 Å². The molecule has 0 aliphatic carbocycles. The summed E-state index contributed by atoms with van der Waals surface area (Å²) in [5, 5.41) is -0.0410. The molecule has 0 spiro atoms. The highest BCUT2D eigenvalue weighted by atomic mass is 35.5. The Kier molecular flexibility index (Phi) is 5.37. The van der Waals surface area contributed by atoms with Gasteiger partial charge in [-0.3, -0.25) is 0 Å². The molecule has 6 heteroatoms. The van der Waals surface area contributed by atoms with Gasteiger partial charge in [0.25, 0.3) is 0 Å². The van der Waals surface area contributed by atoms with Crippen LogP contribution in [-0.4, -0.2) is 31.8 Å². The van der Waals surface area contributed by atoms with Crippen molar-refractivity contribution in [1.29, 1.82) is 0 Å². The summed E-state index contributed by atoms with van der Waals surface area (Å²) in [5.74, 6) is 0.710. The quantitative estimate of drug-likeness (QED) is 0.750. The molecule has 1 saturated heterocycles. The number of hydrogen-bond acceptors (Lipinski definition) is 3. The average molecular weight is 380 g/mol. The lowest BCUT2D eigenvalue weighted by Crippen LogP contribution is -2.41. The van der Waals surface area contributed by atoms with Crippen molar-refractivity contribution in [3.05, 3.63) is 59.7 Å². The standard InChI is InChI=1S/C19H22ClNO3S/c1-14-6-8-18(9-7-14)25(22,23)21-11-10-16(20)13-19(21)15-4-3-5-17(12-15)24-2/h3-9,12,16,19H,10-11,13H2,1-2H3. The minimum absolute atomic E-state index is 0.0410. The molecule has 1 heterocycles. The number of methoxy groups -OCH3 is 1. The van der Waals surface area contributed by atoms with E-state index in [1.54, 1.807) is 23.5 Å². The molecule has 3 rings (SSSR count). The van der Waals surface area contributed by atoms with Crippen molar-refractivity contribution in [3.63, 3.8) is 0 Å². The van der Waals surface area contributed by atoms with Crippen LogP contribution >= 0.6 is 11.6 Å². The molecule has 0 amide bonds. The van der Waals surface area contributed by atoms with Crippen LogP contribution in [0, 0.1) is 6.92 Å². The number of nitrogens with zero attached hydrogens (tertiary/aromatic N) is 1. The molecule has 2 unspecified atom stereocenters. The third-order valence-corrected chi connectivity index (χ3v) is 6.91. The van der Waals surface area contributed by atoms with Crippen molar-refractivity contribution < 1.29 is 13.2 Å². The smallest absolute Gasteiger partial charge is 0.243 e. The predicted octanol–water partition coefficient (Wildman–Crippen LogP) is 4.14. The first kappa shape index (κ1) is 18.2. The molecule has 1 aliphatic heterocycles. The molecule has 134 valence electrons. The maximum absolute atomic E-state index is 13.2. The molecule has 0 saturated carbocycles. The summed E-state index contributed by atoms with van der Waals surface area (Å²) in [4.78, 5) is 0.319. The Labute approximate surface area is 154 Å². The highest BCUT2D eigenvalue weighted by molar-refractivity contribution is 7.89. The lowest BCUT2D eigenvalue weighted by atomic mass is 9.97. The van der Waals surface area contributed by atoms with Crippen LogP contribution in [0.15, 0.2) is 53.4 Å². The van der Waals surface area contributed by atoms with Crippen LogP contribution < -0.4 is 4.74 Å². The Morgan fingerprint density at radius 2 is 1.88 bits per heavy atom. The summed E-state index contributed by atoms with van der Waals surface area (Å²) in [7, 11) is -1.98. The van der Waals surface area contributed by atoms with E-state index < -0.39 is 10.0 Å². The van der Waals surface area contributed by atoms with Gasteiger partial charge >= 0.3 is 0 Å². The lowest BCUT2D eigenvalue weighted by molar-refractivity contribution is 0.258. The van der Waals surface area contributed by atoms with Crippen molar-refractivity contribution in [1.82, 2.24) is 4.31 Å². The maximum Gasteiger partial charge on any atom is 0.243 e. The van der Waals surface area contributed by atoms with E-state index in [1.807, 2.05) is 43.3 Å². The first-order valence-electron chi connectivity index (χ1n) is 8.28. The number of hydrogen-bond donors (Lipinski definition) is 0. The fraction of sp³-hybridized carbons (Fsp3) is 0.368. The molecular formula is C19H22ClNO3S. The predicted molar refractivity (Wildman–Crippen MR) is 99.7 cm³/mol. The van der Waals surface area contributed by atoms with Crippen LogP contribution in [0.1, 0.15) is 30.0 Å². The van der Waals surface area contributed by atoms with E-state index in [4.69, 9.17) is 16.3 Å². The molecular weight excluding hydrogens is 358 g/mol. The van der Waals surface area contributed by atoms with E-state index in [-0.39, 0.29) is 11.4 Å². The summed E-state index contributed by atoms with van der Waals surface area (Å²) in [5.41, 5.74) is 1.93. The zero-order valence-corrected chi connectivity index (χ0v) is 15.9. The Morgan fingerprint density at radius 3 is 2.56 bits per heavy atom. The van der Waals surface area contributed by atoms with E-state index in [9.17, 15) is 8.42 Å². The van der Waals surface area contributed by atoms with E-state index in [1.165, 1.54) is 0 Å². The molecule has 0 radical (unpaired) electrons. The molecule has 2 aromatic rings. The summed E-state index contributed by atoms with van der Waals surface area (Å²) in [6.45, 7) is 2.35. The van der Waals surface area contributed by atoms with E-state index >= 15 is 0 Å². The Balaban J connectivity index is 2.00. The van der Waals surface area contributed by atoms with Crippen molar-refractivity contribution in [2.75, 3.05) is 13.7 Å². The van der Waals surface area contributed by atoms with Crippen molar-refractivity contribution in [2.45, 2.75) is 36.1 Å². The van der Waals surface area contributed by atoms with Gasteiger partial charge in [-0.15, -0.1) is 11.6 Å². The van der Waals surface area contributed by atoms with Gasteiger partial charge in [-0.25, -0.2) is 8.42 Å². The normalized spacial score (nSPS) is 21.9. The van der Waals surface area contributed by atoms with Gasteiger partial charge in [0.05, 0.1) is 18.0 Å². The highest BCUT2D eigenvalue weighted by Crippen LogP contribution is 2.38. The van der Waals surface area contributed by atoms with Gasteiger partial charge in [0, 0.05) is 11.9 Å². The number of benzene rings is 2. The van der Waals surface area contributed by atoms with Crippen molar-refractivity contribution >= 4 is 21.6 Å². The van der Waals surface area contributed by atoms with Gasteiger partial charge in [0.15, 0.2) is 0 Å². The van der Waals surface area contributed by atoms with Crippen molar-refractivity contribution in [3.8, 4) is 5.75 Å². The fourth-order valence-electron chi connectivity index (χ4n) is 3.19. The number of sulfonamides is 1. The Morgan fingerprint density at radius 1 is 1.16 bits per heavy atom. The molecule has 1 fully saturated rings. The fourth-order valence-corrected chi connectivity index (χ4v) is 5.09. The van der Waals surface area contributed by atoms with Gasteiger partial charge < -0.3 is 4.74 Å². The second-order valence-electron chi connectivity index (χ2n) is 6.34. The van der Waals surface area contributed by atoms with E-state index in [0.29, 0.717) is 30.0 Å². The zero-order chi connectivity index (χ0) is 18.0. The summed E-state index contributed by atoms with van der Waals surface area (Å²) in [6.07, 6.45) is 1.23. The molecule has 1 aliphatic rings. The summed E-state index contributed by atoms with van der Waals surface area (Å²) < 4.78 is 33.3. The summed E-state index contributed by atoms with van der Waals surface area (Å²) >= 11 is 6.36. The second kappa shape index (κ2) is 7.36. The largest absolute Gasteiger partial charge is 0.497 e. The zero-order valence-electron chi connectivity index (χ0n) is 14.4. The summed E-state index contributed by atoms with van der Waals surface area (Å²) in [6, 6.07) is 14.2. The molecule has 25 heavy (non-hydrogen) atoms. The highest BCUT2D eigenvalue weighted by Gasteiger charge is 2.37. The minimum Gasteiger partial charge on any atom is -0.497 e. The van der Waals surface area contributed by atoms with Crippen LogP contribution in [0.25, 0.3) is 0 Å². The molecule has 2 atom stereocenters. The van der Waals surface area contributed by atoms with Crippen LogP contribution in [0.2, 0.25) is 0 Å². The molecule has 2 aromatic carbocycles.